The van der Waals surface area contributed by atoms with Gasteiger partial charge in [0.25, 0.3) is 5.91 Å². The van der Waals surface area contributed by atoms with Gasteiger partial charge in [0, 0.05) is 30.4 Å². The second-order valence-corrected chi connectivity index (χ2v) is 8.00. The number of nitrogens with zero attached hydrogens (tertiary/aromatic N) is 1. The van der Waals surface area contributed by atoms with Crippen molar-refractivity contribution in [3.8, 4) is 0 Å². The Morgan fingerprint density at radius 1 is 1.13 bits per heavy atom. The van der Waals surface area contributed by atoms with Crippen LogP contribution in [0.1, 0.15) is 53.7 Å². The Labute approximate surface area is 175 Å². The van der Waals surface area contributed by atoms with Gasteiger partial charge in [0.2, 0.25) is 0 Å². The van der Waals surface area contributed by atoms with E-state index < -0.39 is 5.91 Å². The zero-order chi connectivity index (χ0) is 21.3. The number of amides is 1. The van der Waals surface area contributed by atoms with Crippen LogP contribution >= 0.6 is 0 Å². The smallest absolute Gasteiger partial charge is 0.250 e. The van der Waals surface area contributed by atoms with E-state index in [2.05, 4.69) is 10.2 Å². The molecule has 6 nitrogen and oxygen atoms in total. The summed E-state index contributed by atoms with van der Waals surface area (Å²) in [6.45, 7) is 5.75. The molecule has 3 aromatic rings. The number of para-hydroxylation sites is 1. The van der Waals surface area contributed by atoms with E-state index in [9.17, 15) is 9.59 Å². The van der Waals surface area contributed by atoms with Gasteiger partial charge in [0.05, 0.1) is 17.0 Å². The monoisotopic (exact) mass is 405 g/mol. The lowest BCUT2D eigenvalue weighted by Crippen LogP contribution is -2.30. The number of fused-ring (bicyclic) bond motifs is 1. The van der Waals surface area contributed by atoms with Crippen molar-refractivity contribution in [2.75, 3.05) is 23.3 Å². The van der Waals surface area contributed by atoms with E-state index in [-0.39, 0.29) is 11.5 Å². The second-order valence-electron chi connectivity index (χ2n) is 8.00. The summed E-state index contributed by atoms with van der Waals surface area (Å²) < 4.78 is 6.30. The maximum atomic E-state index is 12.9. The van der Waals surface area contributed by atoms with Crippen LogP contribution in [0.5, 0.6) is 0 Å². The molecule has 1 fully saturated rings. The third-order valence-corrected chi connectivity index (χ3v) is 5.69. The molecule has 1 saturated heterocycles. The fraction of sp³-hybridized carbons (Fsp3) is 0.333. The normalized spacial score (nSPS) is 15.2. The van der Waals surface area contributed by atoms with E-state index in [4.69, 9.17) is 10.2 Å². The minimum atomic E-state index is -0.488. The van der Waals surface area contributed by atoms with Crippen molar-refractivity contribution >= 4 is 28.4 Å². The van der Waals surface area contributed by atoms with Crippen LogP contribution in [0, 0.1) is 6.92 Å². The Morgan fingerprint density at radius 2 is 1.87 bits per heavy atom. The molecular weight excluding hydrogens is 378 g/mol. The van der Waals surface area contributed by atoms with Gasteiger partial charge < -0.3 is 20.4 Å². The SMILES string of the molecule is Cc1cc(C(C)Nc2ccccc2C(N)=O)c2oc(N3CCCCC3)cc(=O)c2c1. The van der Waals surface area contributed by atoms with Gasteiger partial charge in [-0.3, -0.25) is 9.59 Å². The summed E-state index contributed by atoms with van der Waals surface area (Å²) in [5, 5.41) is 3.94. The number of hydrogen-bond acceptors (Lipinski definition) is 5. The highest BCUT2D eigenvalue weighted by Crippen LogP contribution is 2.31. The Balaban J connectivity index is 1.78. The van der Waals surface area contributed by atoms with Crippen LogP contribution < -0.4 is 21.4 Å². The summed E-state index contributed by atoms with van der Waals surface area (Å²) >= 11 is 0. The number of anilines is 2. The lowest BCUT2D eigenvalue weighted by molar-refractivity contribution is 0.100. The number of carbonyl (C=O) groups is 1. The fourth-order valence-corrected chi connectivity index (χ4v) is 4.15. The first-order valence-electron chi connectivity index (χ1n) is 10.4. The predicted octanol–water partition coefficient (Wildman–Crippen LogP) is 4.36. The number of nitrogens with one attached hydrogen (secondary N) is 1. The number of aryl methyl sites for hydroxylation is 1. The van der Waals surface area contributed by atoms with Crippen molar-refractivity contribution in [2.24, 2.45) is 5.73 Å². The third kappa shape index (κ3) is 3.90. The van der Waals surface area contributed by atoms with Crippen LogP contribution in [0.3, 0.4) is 0 Å². The molecule has 0 aliphatic carbocycles. The van der Waals surface area contributed by atoms with E-state index >= 15 is 0 Å². The highest BCUT2D eigenvalue weighted by molar-refractivity contribution is 5.98. The van der Waals surface area contributed by atoms with Gasteiger partial charge in [0.15, 0.2) is 11.3 Å². The molecule has 0 bridgehead atoms. The van der Waals surface area contributed by atoms with Crippen molar-refractivity contribution in [1.29, 1.82) is 0 Å². The van der Waals surface area contributed by atoms with E-state index in [1.807, 2.05) is 38.1 Å². The number of carbonyl (C=O) groups excluding carboxylic acids is 1. The maximum absolute atomic E-state index is 12.9. The molecule has 2 aromatic carbocycles. The molecule has 156 valence electrons. The number of nitrogens with two attached hydrogens (primary N) is 1. The molecule has 1 amide bonds. The first-order chi connectivity index (χ1) is 14.4. The van der Waals surface area contributed by atoms with Gasteiger partial charge >= 0.3 is 0 Å². The second kappa shape index (κ2) is 8.22. The molecule has 30 heavy (non-hydrogen) atoms. The third-order valence-electron chi connectivity index (χ3n) is 5.69. The van der Waals surface area contributed by atoms with Gasteiger partial charge in [0.1, 0.15) is 5.58 Å². The van der Waals surface area contributed by atoms with Crippen LogP contribution in [0.2, 0.25) is 0 Å². The lowest BCUT2D eigenvalue weighted by atomic mass is 10.0. The molecule has 0 spiro atoms. The van der Waals surface area contributed by atoms with Crippen LogP contribution in [-0.2, 0) is 0 Å². The van der Waals surface area contributed by atoms with Gasteiger partial charge in [-0.1, -0.05) is 18.2 Å². The number of piperidine rings is 1. The zero-order valence-electron chi connectivity index (χ0n) is 17.4. The minimum absolute atomic E-state index is 0.0356. The Morgan fingerprint density at radius 3 is 2.60 bits per heavy atom. The fourth-order valence-electron chi connectivity index (χ4n) is 4.15. The topological polar surface area (TPSA) is 88.6 Å². The van der Waals surface area contributed by atoms with Gasteiger partial charge in [-0.2, -0.15) is 0 Å². The van der Waals surface area contributed by atoms with Crippen molar-refractivity contribution in [2.45, 2.75) is 39.2 Å². The first-order valence-corrected chi connectivity index (χ1v) is 10.4. The lowest BCUT2D eigenvalue weighted by Gasteiger charge is -2.27. The van der Waals surface area contributed by atoms with Crippen LogP contribution in [0.4, 0.5) is 11.6 Å². The Hall–Kier alpha value is -3.28. The zero-order valence-corrected chi connectivity index (χ0v) is 17.4. The summed E-state index contributed by atoms with van der Waals surface area (Å²) in [5.41, 5.74) is 9.01. The van der Waals surface area contributed by atoms with E-state index in [0.29, 0.717) is 28.1 Å². The van der Waals surface area contributed by atoms with Crippen LogP contribution in [0.15, 0.2) is 51.7 Å². The largest absolute Gasteiger partial charge is 0.440 e. The van der Waals surface area contributed by atoms with Crippen molar-refractivity contribution in [1.82, 2.24) is 0 Å². The minimum Gasteiger partial charge on any atom is -0.440 e. The van der Waals surface area contributed by atoms with E-state index in [1.165, 1.54) is 6.42 Å². The molecule has 6 heteroatoms. The van der Waals surface area contributed by atoms with Crippen LogP contribution in [-0.4, -0.2) is 19.0 Å². The maximum Gasteiger partial charge on any atom is 0.250 e. The molecule has 1 atom stereocenters. The Bertz CT molecular complexity index is 1150. The Kier molecular flexibility index (Phi) is 5.48. The average molecular weight is 405 g/mol. The molecule has 0 radical (unpaired) electrons. The van der Waals surface area contributed by atoms with E-state index in [1.54, 1.807) is 18.2 Å². The first kappa shape index (κ1) is 20.0. The molecule has 3 N–H and O–H groups in total. The van der Waals surface area contributed by atoms with Crippen molar-refractivity contribution < 1.29 is 9.21 Å². The van der Waals surface area contributed by atoms with Gasteiger partial charge in [-0.25, -0.2) is 0 Å². The van der Waals surface area contributed by atoms with Gasteiger partial charge in [-0.15, -0.1) is 0 Å². The summed E-state index contributed by atoms with van der Waals surface area (Å²) in [6.07, 6.45) is 3.41. The van der Waals surface area contributed by atoms with Crippen LogP contribution in [0.25, 0.3) is 11.0 Å². The van der Waals surface area contributed by atoms with Crippen molar-refractivity contribution in [3.05, 3.63) is 69.4 Å². The summed E-state index contributed by atoms with van der Waals surface area (Å²) in [6, 6.07) is 12.5. The molecule has 4 rings (SSSR count). The molecule has 0 saturated carbocycles. The van der Waals surface area contributed by atoms with E-state index in [0.717, 1.165) is 37.1 Å². The average Bonchev–Trinajstić information content (AvgIpc) is 2.74. The van der Waals surface area contributed by atoms with Gasteiger partial charge in [-0.05, 0) is 56.9 Å². The predicted molar refractivity (Wildman–Crippen MR) is 120 cm³/mol. The molecule has 1 aromatic heterocycles. The summed E-state index contributed by atoms with van der Waals surface area (Å²) in [7, 11) is 0. The molecule has 1 aliphatic heterocycles. The molecule has 2 heterocycles. The molecular formula is C24H27N3O3. The standard InChI is InChI=1S/C24H27N3O3/c1-15-12-18(16(2)26-20-9-5-4-8-17(20)24(25)29)23-19(13-15)21(28)14-22(30-23)27-10-6-3-7-11-27/h4-5,8-9,12-14,16,26H,3,6-7,10-11H2,1-2H3,(H2,25,29). The quantitative estimate of drug-likeness (QED) is 0.658. The molecule has 1 unspecified atom stereocenters. The number of rotatable bonds is 5. The number of primary amides is 1. The highest BCUT2D eigenvalue weighted by atomic mass is 16.4. The summed E-state index contributed by atoms with van der Waals surface area (Å²) in [5.74, 6) is 0.139. The summed E-state index contributed by atoms with van der Waals surface area (Å²) in [4.78, 5) is 26.8. The highest BCUT2D eigenvalue weighted by Gasteiger charge is 2.20. The van der Waals surface area contributed by atoms with Crippen molar-refractivity contribution in [3.63, 3.8) is 0 Å². The molecule has 1 aliphatic rings. The number of benzene rings is 2. The number of hydrogen-bond donors (Lipinski definition) is 2.